The maximum Gasteiger partial charge on any atom is 0.234 e. The lowest BCUT2D eigenvalue weighted by molar-refractivity contribution is -0.122. The van der Waals surface area contributed by atoms with Gasteiger partial charge in [0.05, 0.1) is 0 Å². The smallest absolute Gasteiger partial charge is 0.234 e. The van der Waals surface area contributed by atoms with Crippen molar-refractivity contribution in [3.05, 3.63) is 35.9 Å². The lowest BCUT2D eigenvalue weighted by atomic mass is 10.1. The predicted octanol–water partition coefficient (Wildman–Crippen LogP) is 2.24. The summed E-state index contributed by atoms with van der Waals surface area (Å²) in [5.74, 6) is 0.629. The number of amides is 1. The van der Waals surface area contributed by atoms with Crippen LogP contribution in [0.15, 0.2) is 30.3 Å². The molecule has 1 rings (SSSR count). The van der Waals surface area contributed by atoms with Crippen LogP contribution in [0, 0.1) is 5.92 Å². The van der Waals surface area contributed by atoms with Crippen molar-refractivity contribution < 1.29 is 4.79 Å². The Labute approximate surface area is 97.2 Å². The number of hydrogen-bond donors (Lipinski definition) is 2. The number of rotatable bonds is 6. The Bertz CT molecular complexity index is 309. The van der Waals surface area contributed by atoms with E-state index in [-0.39, 0.29) is 5.91 Å². The van der Waals surface area contributed by atoms with Gasteiger partial charge in [-0.2, -0.15) is 0 Å². The first-order chi connectivity index (χ1) is 7.68. The van der Waals surface area contributed by atoms with Crippen molar-refractivity contribution in [2.24, 2.45) is 5.92 Å². The summed E-state index contributed by atoms with van der Waals surface area (Å²) in [6.45, 7) is 4.89. The quantitative estimate of drug-likeness (QED) is 0.722. The van der Waals surface area contributed by atoms with Gasteiger partial charge in [-0.3, -0.25) is 10.2 Å². The molecule has 0 unspecified atom stereocenters. The van der Waals surface area contributed by atoms with E-state index in [2.05, 4.69) is 24.7 Å². The van der Waals surface area contributed by atoms with Crippen LogP contribution in [0.4, 0.5) is 0 Å². The van der Waals surface area contributed by atoms with Crippen molar-refractivity contribution >= 4 is 5.91 Å². The van der Waals surface area contributed by atoms with Gasteiger partial charge in [-0.15, -0.1) is 0 Å². The molecule has 0 bridgehead atoms. The maximum absolute atomic E-state index is 11.4. The average molecular weight is 220 g/mol. The Morgan fingerprint density at radius 3 is 2.56 bits per heavy atom. The summed E-state index contributed by atoms with van der Waals surface area (Å²) in [5.41, 5.74) is 6.78. The fourth-order valence-electron chi connectivity index (χ4n) is 1.32. The first-order valence-corrected chi connectivity index (χ1v) is 5.74. The molecule has 0 atom stereocenters. The van der Waals surface area contributed by atoms with Crippen molar-refractivity contribution in [1.82, 2.24) is 10.9 Å². The molecular weight excluding hydrogens is 200 g/mol. The second kappa shape index (κ2) is 7.01. The van der Waals surface area contributed by atoms with Gasteiger partial charge in [0.25, 0.3) is 0 Å². The minimum absolute atomic E-state index is 0.0598. The molecule has 0 saturated heterocycles. The Hall–Kier alpha value is -1.35. The van der Waals surface area contributed by atoms with Crippen LogP contribution >= 0.6 is 0 Å². The molecular formula is C13H20N2O. The minimum atomic E-state index is 0.0598. The van der Waals surface area contributed by atoms with Crippen LogP contribution in [0.1, 0.15) is 32.3 Å². The van der Waals surface area contributed by atoms with E-state index in [0.717, 1.165) is 12.0 Å². The molecule has 88 valence electrons. The molecule has 0 aliphatic heterocycles. The molecule has 0 spiro atoms. The third kappa shape index (κ3) is 5.51. The van der Waals surface area contributed by atoms with Crippen molar-refractivity contribution in [3.63, 3.8) is 0 Å². The van der Waals surface area contributed by atoms with E-state index in [1.807, 2.05) is 30.3 Å². The van der Waals surface area contributed by atoms with Gasteiger partial charge < -0.3 is 0 Å². The lowest BCUT2D eigenvalue weighted by Gasteiger charge is -2.08. The number of benzene rings is 1. The second-order valence-corrected chi connectivity index (χ2v) is 4.32. The predicted molar refractivity (Wildman–Crippen MR) is 65.5 cm³/mol. The SMILES string of the molecule is CC(C)CCC(=O)NNCc1ccccc1. The number of carbonyl (C=O) groups excluding carboxylic acids is 1. The van der Waals surface area contributed by atoms with Crippen molar-refractivity contribution in [3.8, 4) is 0 Å². The van der Waals surface area contributed by atoms with Gasteiger partial charge in [0.15, 0.2) is 0 Å². The summed E-state index contributed by atoms with van der Waals surface area (Å²) >= 11 is 0. The molecule has 16 heavy (non-hydrogen) atoms. The van der Waals surface area contributed by atoms with Gasteiger partial charge >= 0.3 is 0 Å². The first kappa shape index (κ1) is 12.7. The minimum Gasteiger partial charge on any atom is -0.291 e. The van der Waals surface area contributed by atoms with Crippen LogP contribution < -0.4 is 10.9 Å². The highest BCUT2D eigenvalue weighted by Gasteiger charge is 2.02. The zero-order valence-corrected chi connectivity index (χ0v) is 9.99. The fraction of sp³-hybridized carbons (Fsp3) is 0.462. The monoisotopic (exact) mass is 220 g/mol. The normalized spacial score (nSPS) is 10.4. The molecule has 0 aliphatic rings. The van der Waals surface area contributed by atoms with Crippen molar-refractivity contribution in [2.75, 3.05) is 0 Å². The highest BCUT2D eigenvalue weighted by Crippen LogP contribution is 2.02. The van der Waals surface area contributed by atoms with Crippen LogP contribution in [0.25, 0.3) is 0 Å². The third-order valence-corrected chi connectivity index (χ3v) is 2.31. The standard InChI is InChI=1S/C13H20N2O/c1-11(2)8-9-13(16)15-14-10-12-6-4-3-5-7-12/h3-7,11,14H,8-10H2,1-2H3,(H,15,16). The van der Waals surface area contributed by atoms with Crippen LogP contribution in [0.5, 0.6) is 0 Å². The molecule has 2 N–H and O–H groups in total. The zero-order chi connectivity index (χ0) is 11.8. The second-order valence-electron chi connectivity index (χ2n) is 4.32. The summed E-state index contributed by atoms with van der Waals surface area (Å²) in [7, 11) is 0. The molecule has 0 fully saturated rings. The first-order valence-electron chi connectivity index (χ1n) is 5.74. The molecule has 0 aromatic heterocycles. The molecule has 1 aromatic carbocycles. The summed E-state index contributed by atoms with van der Waals surface area (Å²) in [4.78, 5) is 11.4. The topological polar surface area (TPSA) is 41.1 Å². The highest BCUT2D eigenvalue weighted by molar-refractivity contribution is 5.75. The Kier molecular flexibility index (Phi) is 5.57. The summed E-state index contributed by atoms with van der Waals surface area (Å²) in [6, 6.07) is 9.99. The van der Waals surface area contributed by atoms with E-state index < -0.39 is 0 Å². The summed E-state index contributed by atoms with van der Waals surface area (Å²) in [6.07, 6.45) is 1.51. The average Bonchev–Trinajstić information content (AvgIpc) is 2.28. The van der Waals surface area contributed by atoms with Gasteiger partial charge in [-0.1, -0.05) is 44.2 Å². The number of hydrazine groups is 1. The molecule has 0 heterocycles. The molecule has 1 aromatic rings. The number of nitrogens with one attached hydrogen (secondary N) is 2. The van der Waals surface area contributed by atoms with E-state index in [9.17, 15) is 4.79 Å². The molecule has 0 saturated carbocycles. The highest BCUT2D eigenvalue weighted by atomic mass is 16.2. The largest absolute Gasteiger partial charge is 0.291 e. The fourth-order valence-corrected chi connectivity index (χ4v) is 1.32. The van der Waals surface area contributed by atoms with Crippen LogP contribution in [0.3, 0.4) is 0 Å². The molecule has 3 heteroatoms. The van der Waals surface area contributed by atoms with Gasteiger partial charge in [0.2, 0.25) is 5.91 Å². The van der Waals surface area contributed by atoms with Gasteiger partial charge in [0.1, 0.15) is 0 Å². The van der Waals surface area contributed by atoms with E-state index >= 15 is 0 Å². The maximum atomic E-state index is 11.4. The molecule has 1 amide bonds. The number of carbonyl (C=O) groups is 1. The summed E-state index contributed by atoms with van der Waals surface area (Å²) in [5, 5.41) is 0. The van der Waals surface area contributed by atoms with E-state index in [1.165, 1.54) is 0 Å². The Morgan fingerprint density at radius 2 is 1.94 bits per heavy atom. The zero-order valence-electron chi connectivity index (χ0n) is 9.99. The third-order valence-electron chi connectivity index (χ3n) is 2.31. The molecule has 3 nitrogen and oxygen atoms in total. The Morgan fingerprint density at radius 1 is 1.25 bits per heavy atom. The van der Waals surface area contributed by atoms with Crippen LogP contribution in [-0.4, -0.2) is 5.91 Å². The van der Waals surface area contributed by atoms with Crippen molar-refractivity contribution in [1.29, 1.82) is 0 Å². The van der Waals surface area contributed by atoms with Gasteiger partial charge in [0, 0.05) is 13.0 Å². The van der Waals surface area contributed by atoms with Gasteiger partial charge in [-0.05, 0) is 17.9 Å². The van der Waals surface area contributed by atoms with E-state index in [0.29, 0.717) is 18.9 Å². The lowest BCUT2D eigenvalue weighted by Crippen LogP contribution is -2.36. The van der Waals surface area contributed by atoms with E-state index in [1.54, 1.807) is 0 Å². The summed E-state index contributed by atoms with van der Waals surface area (Å²) < 4.78 is 0. The Balaban J connectivity index is 2.13. The van der Waals surface area contributed by atoms with Gasteiger partial charge in [-0.25, -0.2) is 5.43 Å². The van der Waals surface area contributed by atoms with E-state index in [4.69, 9.17) is 0 Å². The van der Waals surface area contributed by atoms with Crippen molar-refractivity contribution in [2.45, 2.75) is 33.2 Å². The number of hydrogen-bond acceptors (Lipinski definition) is 2. The molecule has 0 radical (unpaired) electrons. The van der Waals surface area contributed by atoms with Crippen LogP contribution in [0.2, 0.25) is 0 Å². The van der Waals surface area contributed by atoms with Crippen LogP contribution in [-0.2, 0) is 11.3 Å². The molecule has 0 aliphatic carbocycles.